The first kappa shape index (κ1) is 36.1. The summed E-state index contributed by atoms with van der Waals surface area (Å²) in [7, 11) is 0. The highest BCUT2D eigenvalue weighted by Crippen LogP contribution is 2.36. The van der Waals surface area contributed by atoms with E-state index in [2.05, 4.69) is 0 Å². The molecule has 0 radical (unpaired) electrons. The minimum atomic E-state index is -2.81. The zero-order valence-electron chi connectivity index (χ0n) is 21.4. The Morgan fingerprint density at radius 1 is 0.775 bits per heavy atom. The molecule has 0 aliphatic carbocycles. The number of aliphatic hydroxyl groups excluding tert-OH is 9. The molecule has 18 heteroatoms. The molecule has 0 bridgehead atoms. The highest BCUT2D eigenvalue weighted by Gasteiger charge is 2.54. The molecule has 13 N–H and O–H groups in total. The van der Waals surface area contributed by atoms with Gasteiger partial charge in [-0.2, -0.15) is 0 Å². The van der Waals surface area contributed by atoms with Crippen molar-refractivity contribution in [1.29, 1.82) is 0 Å². The van der Waals surface area contributed by atoms with Crippen LogP contribution in [-0.4, -0.2) is 164 Å². The van der Waals surface area contributed by atoms with E-state index in [4.69, 9.17) is 35.0 Å². The van der Waals surface area contributed by atoms with Crippen molar-refractivity contribution in [2.45, 2.75) is 86.6 Å². The van der Waals surface area contributed by atoms with Crippen molar-refractivity contribution in [1.82, 2.24) is 0 Å². The number of carbonyl (C=O) groups excluding carboxylic acids is 1. The number of hydrogen-bond donors (Lipinski definition) is 13. The highest BCUT2D eigenvalue weighted by molar-refractivity contribution is 5.80. The molecule has 18 nitrogen and oxygen atoms in total. The number of aliphatic hydroxyl groups is 11. The van der Waals surface area contributed by atoms with Crippen LogP contribution in [-0.2, 0) is 23.9 Å². The molecule has 0 saturated carbocycles. The first-order chi connectivity index (χ1) is 18.4. The van der Waals surface area contributed by atoms with Gasteiger partial charge in [0, 0.05) is 31.1 Å². The van der Waals surface area contributed by atoms with Gasteiger partial charge in [0.2, 0.25) is 0 Å². The lowest BCUT2D eigenvalue weighted by Crippen LogP contribution is -2.61. The van der Waals surface area contributed by atoms with E-state index in [1.807, 2.05) is 0 Å². The molecule has 6 unspecified atom stereocenters. The van der Waals surface area contributed by atoms with Gasteiger partial charge in [-0.3, -0.25) is 4.79 Å². The Kier molecular flexibility index (Phi) is 13.4. The molecule has 2 aliphatic heterocycles. The molecule has 2 rings (SSSR count). The van der Waals surface area contributed by atoms with Gasteiger partial charge >= 0.3 is 11.9 Å². The van der Waals surface area contributed by atoms with Crippen LogP contribution in [0.2, 0.25) is 0 Å². The summed E-state index contributed by atoms with van der Waals surface area (Å²) in [6, 6.07) is 0. The molecule has 0 aromatic rings. The fourth-order valence-electron chi connectivity index (χ4n) is 4.30. The summed E-state index contributed by atoms with van der Waals surface area (Å²) in [6.07, 6.45) is -14.2. The zero-order chi connectivity index (χ0) is 31.2. The zero-order valence-corrected chi connectivity index (χ0v) is 21.4. The lowest BCUT2D eigenvalue weighted by atomic mass is 9.80. The Hall–Kier alpha value is -1.91. The molecule has 0 aromatic heterocycles. The monoisotopic (exact) mass is 590 g/mol. The fraction of sp³-hybridized carbons (Fsp3) is 0.864. The number of ether oxygens (including phenoxy) is 2. The van der Waals surface area contributed by atoms with E-state index in [1.165, 1.54) is 6.92 Å². The van der Waals surface area contributed by atoms with Crippen LogP contribution in [0.4, 0.5) is 0 Å². The minimum Gasteiger partial charge on any atom is -0.477 e. The van der Waals surface area contributed by atoms with Crippen LogP contribution in [0.25, 0.3) is 0 Å². The quantitative estimate of drug-likeness (QED) is 0.106. The molecule has 2 aliphatic rings. The maximum Gasteiger partial charge on any atom is 0.364 e. The van der Waals surface area contributed by atoms with E-state index < -0.39 is 129 Å². The summed E-state index contributed by atoms with van der Waals surface area (Å²) >= 11 is 0. The van der Waals surface area contributed by atoms with Gasteiger partial charge in [0.05, 0.1) is 37.6 Å². The molecule has 12 atom stereocenters. The number of ketones is 1. The van der Waals surface area contributed by atoms with Gasteiger partial charge in [-0.25, -0.2) is 9.59 Å². The van der Waals surface area contributed by atoms with Crippen molar-refractivity contribution in [3.63, 3.8) is 0 Å². The van der Waals surface area contributed by atoms with E-state index >= 15 is 0 Å². The molecule has 40 heavy (non-hydrogen) atoms. The summed E-state index contributed by atoms with van der Waals surface area (Å²) in [5.41, 5.74) is 0. The van der Waals surface area contributed by atoms with Crippen LogP contribution in [0.15, 0.2) is 0 Å². The first-order valence-corrected chi connectivity index (χ1v) is 12.1. The molecule has 2 fully saturated rings. The van der Waals surface area contributed by atoms with E-state index in [1.54, 1.807) is 0 Å². The van der Waals surface area contributed by atoms with Gasteiger partial charge < -0.3 is 75.9 Å². The number of hydrogen-bond acceptors (Lipinski definition) is 16. The molecule has 234 valence electrons. The Morgan fingerprint density at radius 2 is 1.18 bits per heavy atom. The first-order valence-electron chi connectivity index (χ1n) is 12.1. The van der Waals surface area contributed by atoms with Crippen LogP contribution in [0.3, 0.4) is 0 Å². The van der Waals surface area contributed by atoms with Crippen LogP contribution >= 0.6 is 0 Å². The predicted molar refractivity (Wildman–Crippen MR) is 124 cm³/mol. The predicted octanol–water partition coefficient (Wildman–Crippen LogP) is -6.55. The smallest absolute Gasteiger partial charge is 0.364 e. The highest BCUT2D eigenvalue weighted by atomic mass is 16.7. The third-order valence-electron chi connectivity index (χ3n) is 6.82. The second-order valence-corrected chi connectivity index (χ2v) is 9.79. The maximum atomic E-state index is 11.3. The van der Waals surface area contributed by atoms with Crippen molar-refractivity contribution < 1.29 is 90.2 Å². The van der Waals surface area contributed by atoms with Crippen LogP contribution in [0.5, 0.6) is 0 Å². The maximum absolute atomic E-state index is 11.3. The Labute approximate surface area is 226 Å². The second-order valence-electron chi connectivity index (χ2n) is 9.79. The Balaban J connectivity index is 0.000000408. The summed E-state index contributed by atoms with van der Waals surface area (Å²) in [5.74, 6) is -11.5. The van der Waals surface area contributed by atoms with Crippen LogP contribution < -0.4 is 0 Å². The summed E-state index contributed by atoms with van der Waals surface area (Å²) < 4.78 is 9.77. The van der Waals surface area contributed by atoms with E-state index in [0.717, 1.165) is 0 Å². The third-order valence-corrected chi connectivity index (χ3v) is 6.82. The van der Waals surface area contributed by atoms with E-state index in [0.29, 0.717) is 0 Å². The largest absolute Gasteiger partial charge is 0.477 e. The summed E-state index contributed by atoms with van der Waals surface area (Å²) in [6.45, 7) is -1.000. The number of rotatable bonds is 11. The number of Topliss-reactive ketones (excluding diaryl/α,β-unsaturated/α-hetero) is 1. The molecular formula is C22H38O18. The average Bonchev–Trinajstić information content (AvgIpc) is 2.90. The van der Waals surface area contributed by atoms with Crippen molar-refractivity contribution in [2.75, 3.05) is 19.8 Å². The van der Waals surface area contributed by atoms with Crippen molar-refractivity contribution in [3.05, 3.63) is 0 Å². The standard InChI is InChI=1S/C12H20O10.C10H18O8/c13-3-5(15)1-6-7(16)2-12(21,11(19)20)22-10(6)9(18)8(17)4-14;1-4-5(12)2-10(17,9(15)16)18-8(4)7(14)6(13)3-11/h6-10,13-14,16-18,21H,1-4H2,(H,19,20);4-8,11-14,17H,2-3H2,1H3,(H,15,16)/t6-,7-,8?,9?,10?,12-;4-,5-,6?,7?,8?,10-/m11/s1. The molecular weight excluding hydrogens is 552 g/mol. The number of carboxylic acids is 2. The van der Waals surface area contributed by atoms with Crippen LogP contribution in [0, 0.1) is 11.8 Å². The normalized spacial score (nSPS) is 37.3. The Bertz CT molecular complexity index is 856. The number of carbonyl (C=O) groups is 3. The molecule has 2 heterocycles. The van der Waals surface area contributed by atoms with E-state index in [9.17, 15) is 55.2 Å². The van der Waals surface area contributed by atoms with E-state index in [-0.39, 0.29) is 0 Å². The fourth-order valence-corrected chi connectivity index (χ4v) is 4.30. The van der Waals surface area contributed by atoms with Gasteiger partial charge in [0.25, 0.3) is 11.6 Å². The van der Waals surface area contributed by atoms with Gasteiger partial charge in [0.1, 0.15) is 31.0 Å². The van der Waals surface area contributed by atoms with Gasteiger partial charge in [-0.15, -0.1) is 0 Å². The molecule has 0 aromatic carbocycles. The lowest BCUT2D eigenvalue weighted by Gasteiger charge is -2.44. The number of carboxylic acid groups (broad SMARTS) is 2. The number of aliphatic carboxylic acids is 2. The summed E-state index contributed by atoms with van der Waals surface area (Å²) in [4.78, 5) is 33.2. The molecule has 2 saturated heterocycles. The van der Waals surface area contributed by atoms with Crippen molar-refractivity contribution in [2.24, 2.45) is 11.8 Å². The lowest BCUT2D eigenvalue weighted by molar-refractivity contribution is -0.304. The van der Waals surface area contributed by atoms with Crippen molar-refractivity contribution >= 4 is 17.7 Å². The Morgan fingerprint density at radius 3 is 1.57 bits per heavy atom. The van der Waals surface area contributed by atoms with Gasteiger partial charge in [-0.1, -0.05) is 6.92 Å². The third kappa shape index (κ3) is 8.55. The second kappa shape index (κ2) is 14.8. The average molecular weight is 591 g/mol. The molecule has 0 spiro atoms. The summed E-state index contributed by atoms with van der Waals surface area (Å²) in [5, 5.41) is 122. The molecule has 0 amide bonds. The van der Waals surface area contributed by atoms with Gasteiger partial charge in [-0.05, 0) is 0 Å². The topological polar surface area (TPSA) is 333 Å². The van der Waals surface area contributed by atoms with Gasteiger partial charge in [0.15, 0.2) is 5.78 Å². The van der Waals surface area contributed by atoms with Crippen molar-refractivity contribution in [3.8, 4) is 0 Å². The van der Waals surface area contributed by atoms with Crippen LogP contribution in [0.1, 0.15) is 26.2 Å². The minimum absolute atomic E-state index is 0.465. The SMILES string of the molecule is C[C@H]1C(C(O)C(O)CO)O[C@@](O)(C(=O)O)C[C@H]1O.O=C(CO)C[C@H]1C(C(O)C(O)CO)O[C@@](O)(C(=O)O)C[C@H]1O.